The van der Waals surface area contributed by atoms with Crippen LogP contribution in [-0.2, 0) is 6.18 Å². The van der Waals surface area contributed by atoms with Crippen molar-refractivity contribution in [2.45, 2.75) is 25.1 Å². The van der Waals surface area contributed by atoms with Crippen LogP contribution in [0.1, 0.15) is 30.0 Å². The van der Waals surface area contributed by atoms with Crippen LogP contribution in [0.15, 0.2) is 22.7 Å². The molecule has 1 aliphatic heterocycles. The molecule has 16 heavy (non-hydrogen) atoms. The summed E-state index contributed by atoms with van der Waals surface area (Å²) in [5, 5.41) is 3.20. The van der Waals surface area contributed by atoms with Crippen LogP contribution in [0.5, 0.6) is 0 Å². The van der Waals surface area contributed by atoms with E-state index in [0.717, 1.165) is 29.9 Å². The summed E-state index contributed by atoms with van der Waals surface area (Å²) in [6.45, 7) is 0.868. The van der Waals surface area contributed by atoms with E-state index in [1.165, 1.54) is 12.1 Å². The van der Waals surface area contributed by atoms with Crippen LogP contribution in [0.2, 0.25) is 0 Å². The molecular formula is C11H11BrF3N. The normalized spacial score (nSPS) is 21.4. The number of halogens is 4. The minimum absolute atomic E-state index is 0.0386. The van der Waals surface area contributed by atoms with E-state index < -0.39 is 11.7 Å². The highest BCUT2D eigenvalue weighted by atomic mass is 79.9. The van der Waals surface area contributed by atoms with Crippen LogP contribution in [-0.4, -0.2) is 6.54 Å². The van der Waals surface area contributed by atoms with E-state index in [9.17, 15) is 13.2 Å². The molecular weight excluding hydrogens is 283 g/mol. The van der Waals surface area contributed by atoms with Crippen molar-refractivity contribution < 1.29 is 13.2 Å². The van der Waals surface area contributed by atoms with E-state index >= 15 is 0 Å². The zero-order valence-corrected chi connectivity index (χ0v) is 10.0. The summed E-state index contributed by atoms with van der Waals surface area (Å²) in [6, 6.07) is 3.84. The van der Waals surface area contributed by atoms with Gasteiger partial charge in [0, 0.05) is 10.5 Å². The summed E-state index contributed by atoms with van der Waals surface area (Å²) in [7, 11) is 0. The lowest BCUT2D eigenvalue weighted by atomic mass is 10.0. The molecule has 1 atom stereocenters. The molecule has 1 aromatic rings. The average molecular weight is 294 g/mol. The molecule has 1 nitrogen and oxygen atoms in total. The summed E-state index contributed by atoms with van der Waals surface area (Å²) >= 11 is 3.30. The van der Waals surface area contributed by atoms with Crippen molar-refractivity contribution in [3.63, 3.8) is 0 Å². The minimum Gasteiger partial charge on any atom is -0.310 e. The van der Waals surface area contributed by atoms with Crippen LogP contribution < -0.4 is 5.32 Å². The molecule has 0 unspecified atom stereocenters. The van der Waals surface area contributed by atoms with Gasteiger partial charge >= 0.3 is 6.18 Å². The first-order valence-corrected chi connectivity index (χ1v) is 5.88. The first kappa shape index (κ1) is 11.9. The largest absolute Gasteiger partial charge is 0.416 e. The second kappa shape index (κ2) is 4.37. The predicted octanol–water partition coefficient (Wildman–Crippen LogP) is 3.89. The number of rotatable bonds is 1. The molecule has 0 saturated carbocycles. The van der Waals surface area contributed by atoms with Crippen molar-refractivity contribution in [3.05, 3.63) is 33.8 Å². The quantitative estimate of drug-likeness (QED) is 0.828. The van der Waals surface area contributed by atoms with Gasteiger partial charge in [-0.15, -0.1) is 0 Å². The minimum atomic E-state index is -4.27. The average Bonchev–Trinajstić information content (AvgIpc) is 2.69. The van der Waals surface area contributed by atoms with Gasteiger partial charge in [-0.05, 0) is 43.1 Å². The van der Waals surface area contributed by atoms with E-state index in [-0.39, 0.29) is 6.04 Å². The maximum absolute atomic E-state index is 12.6. The zero-order valence-electron chi connectivity index (χ0n) is 8.44. The molecule has 1 N–H and O–H groups in total. The van der Waals surface area contributed by atoms with Gasteiger partial charge in [0.15, 0.2) is 0 Å². The standard InChI is InChI=1S/C11H11BrF3N/c12-9-4-3-7(11(13,14)15)6-8(9)10-2-1-5-16-10/h3-4,6,10,16H,1-2,5H2/t10-/m0/s1. The van der Waals surface area contributed by atoms with E-state index in [4.69, 9.17) is 0 Å². The molecule has 0 spiro atoms. The van der Waals surface area contributed by atoms with Gasteiger partial charge in [0.05, 0.1) is 5.56 Å². The highest BCUT2D eigenvalue weighted by molar-refractivity contribution is 9.10. The number of benzene rings is 1. The second-order valence-corrected chi connectivity index (χ2v) is 4.74. The Hall–Kier alpha value is -0.550. The third kappa shape index (κ3) is 2.40. The second-order valence-electron chi connectivity index (χ2n) is 3.88. The lowest BCUT2D eigenvalue weighted by Gasteiger charge is -2.15. The van der Waals surface area contributed by atoms with Gasteiger partial charge in [0.1, 0.15) is 0 Å². The Labute approximate surface area is 100 Å². The topological polar surface area (TPSA) is 12.0 Å². The lowest BCUT2D eigenvalue weighted by Crippen LogP contribution is -2.15. The first-order chi connectivity index (χ1) is 7.48. The smallest absolute Gasteiger partial charge is 0.310 e. The maximum Gasteiger partial charge on any atom is 0.416 e. The number of hydrogen-bond donors (Lipinski definition) is 1. The lowest BCUT2D eigenvalue weighted by molar-refractivity contribution is -0.137. The van der Waals surface area contributed by atoms with Gasteiger partial charge in [0.2, 0.25) is 0 Å². The molecule has 1 heterocycles. The Morgan fingerprint density at radius 3 is 2.62 bits per heavy atom. The first-order valence-electron chi connectivity index (χ1n) is 5.08. The van der Waals surface area contributed by atoms with Gasteiger partial charge in [-0.1, -0.05) is 15.9 Å². The summed E-state index contributed by atoms with van der Waals surface area (Å²) in [6.07, 6.45) is -2.37. The summed E-state index contributed by atoms with van der Waals surface area (Å²) in [5.74, 6) is 0. The fourth-order valence-corrected chi connectivity index (χ4v) is 2.46. The molecule has 1 aromatic carbocycles. The molecule has 1 saturated heterocycles. The van der Waals surface area contributed by atoms with Crippen LogP contribution in [0, 0.1) is 0 Å². The molecule has 1 fully saturated rings. The summed E-state index contributed by atoms with van der Waals surface area (Å²) in [4.78, 5) is 0. The maximum atomic E-state index is 12.6. The molecule has 0 bridgehead atoms. The van der Waals surface area contributed by atoms with Crippen LogP contribution in [0.4, 0.5) is 13.2 Å². The number of hydrogen-bond acceptors (Lipinski definition) is 1. The fraction of sp³-hybridized carbons (Fsp3) is 0.455. The SMILES string of the molecule is FC(F)(F)c1ccc(Br)c([C@@H]2CCCN2)c1. The zero-order chi connectivity index (χ0) is 11.8. The fourth-order valence-electron chi connectivity index (χ4n) is 1.94. The number of nitrogens with one attached hydrogen (secondary N) is 1. The third-order valence-electron chi connectivity index (χ3n) is 2.76. The molecule has 0 aliphatic carbocycles. The Morgan fingerprint density at radius 2 is 2.06 bits per heavy atom. The van der Waals surface area contributed by atoms with Gasteiger partial charge in [0.25, 0.3) is 0 Å². The van der Waals surface area contributed by atoms with Crippen molar-refractivity contribution in [1.29, 1.82) is 0 Å². The Balaban J connectivity index is 2.36. The highest BCUT2D eigenvalue weighted by Crippen LogP contribution is 2.35. The molecule has 0 amide bonds. The van der Waals surface area contributed by atoms with Crippen molar-refractivity contribution in [2.24, 2.45) is 0 Å². The molecule has 0 aromatic heterocycles. The van der Waals surface area contributed by atoms with Crippen molar-refractivity contribution in [1.82, 2.24) is 5.32 Å². The van der Waals surface area contributed by atoms with Crippen LogP contribution in [0.25, 0.3) is 0 Å². The molecule has 5 heteroatoms. The number of alkyl halides is 3. The molecule has 88 valence electrons. The van der Waals surface area contributed by atoms with Gasteiger partial charge in [-0.25, -0.2) is 0 Å². The molecule has 1 aliphatic rings. The van der Waals surface area contributed by atoms with Gasteiger partial charge in [-0.2, -0.15) is 13.2 Å². The molecule has 2 rings (SSSR count). The summed E-state index contributed by atoms with van der Waals surface area (Å²) in [5.41, 5.74) is 0.117. The van der Waals surface area contributed by atoms with Crippen molar-refractivity contribution >= 4 is 15.9 Å². The molecule has 0 radical (unpaired) electrons. The van der Waals surface area contributed by atoms with E-state index in [2.05, 4.69) is 21.2 Å². The van der Waals surface area contributed by atoms with Crippen LogP contribution >= 0.6 is 15.9 Å². The third-order valence-corrected chi connectivity index (χ3v) is 3.48. The van der Waals surface area contributed by atoms with Crippen molar-refractivity contribution in [2.75, 3.05) is 6.54 Å². The van der Waals surface area contributed by atoms with Crippen molar-refractivity contribution in [3.8, 4) is 0 Å². The predicted molar refractivity (Wildman–Crippen MR) is 59.1 cm³/mol. The van der Waals surface area contributed by atoms with Gasteiger partial charge < -0.3 is 5.32 Å². The van der Waals surface area contributed by atoms with E-state index in [1.807, 2.05) is 0 Å². The Kier molecular flexibility index (Phi) is 3.26. The van der Waals surface area contributed by atoms with E-state index in [0.29, 0.717) is 5.56 Å². The Morgan fingerprint density at radius 1 is 1.31 bits per heavy atom. The van der Waals surface area contributed by atoms with Gasteiger partial charge in [-0.3, -0.25) is 0 Å². The summed E-state index contributed by atoms with van der Waals surface area (Å²) < 4.78 is 38.4. The monoisotopic (exact) mass is 293 g/mol. The van der Waals surface area contributed by atoms with E-state index in [1.54, 1.807) is 0 Å². The highest BCUT2D eigenvalue weighted by Gasteiger charge is 2.32. The Bertz CT molecular complexity index is 383. The van der Waals surface area contributed by atoms with Crippen LogP contribution in [0.3, 0.4) is 0 Å².